The zero-order chi connectivity index (χ0) is 16.5. The van der Waals surface area contributed by atoms with Crippen LogP contribution in [-0.2, 0) is 11.2 Å². The predicted molar refractivity (Wildman–Crippen MR) is 92.0 cm³/mol. The third kappa shape index (κ3) is 2.87. The molecule has 1 aliphatic heterocycles. The summed E-state index contributed by atoms with van der Waals surface area (Å²) >= 11 is 1.55. The second kappa shape index (κ2) is 6.24. The van der Waals surface area contributed by atoms with Gasteiger partial charge in [-0.15, -0.1) is 11.3 Å². The average Bonchev–Trinajstić information content (AvgIpc) is 3.17. The molecule has 1 aliphatic rings. The van der Waals surface area contributed by atoms with Crippen LogP contribution in [0.4, 0.5) is 10.1 Å². The maximum atomic E-state index is 13.9. The highest BCUT2D eigenvalue weighted by molar-refractivity contribution is 7.15. The van der Waals surface area contributed by atoms with Crippen LogP contribution in [0, 0.1) is 5.82 Å². The van der Waals surface area contributed by atoms with E-state index in [0.717, 1.165) is 10.7 Å². The number of aromatic nitrogens is 2. The molecular formula is C17H17FN4OS. The molecule has 1 aromatic carbocycles. The lowest BCUT2D eigenvalue weighted by Gasteiger charge is -2.36. The lowest BCUT2D eigenvalue weighted by molar-refractivity contribution is -0.130. The Morgan fingerprint density at radius 3 is 2.75 bits per heavy atom. The van der Waals surface area contributed by atoms with E-state index in [0.29, 0.717) is 38.3 Å². The van der Waals surface area contributed by atoms with Gasteiger partial charge in [-0.25, -0.2) is 9.37 Å². The largest absolute Gasteiger partial charge is 0.366 e. The molecule has 0 spiro atoms. The van der Waals surface area contributed by atoms with Gasteiger partial charge in [0.1, 0.15) is 5.82 Å². The van der Waals surface area contributed by atoms with Crippen molar-refractivity contribution < 1.29 is 9.18 Å². The van der Waals surface area contributed by atoms with E-state index in [1.54, 1.807) is 23.5 Å². The third-order valence-electron chi connectivity index (χ3n) is 4.30. The van der Waals surface area contributed by atoms with Crippen LogP contribution >= 0.6 is 11.3 Å². The van der Waals surface area contributed by atoms with Crippen LogP contribution in [0.25, 0.3) is 4.96 Å². The molecule has 0 aliphatic carbocycles. The van der Waals surface area contributed by atoms with Crippen LogP contribution in [-0.4, -0.2) is 46.4 Å². The van der Waals surface area contributed by atoms with E-state index in [9.17, 15) is 9.18 Å². The summed E-state index contributed by atoms with van der Waals surface area (Å²) in [6, 6.07) is 6.77. The number of benzene rings is 1. The van der Waals surface area contributed by atoms with Gasteiger partial charge in [-0.2, -0.15) is 0 Å². The normalized spacial score (nSPS) is 15.2. The van der Waals surface area contributed by atoms with Gasteiger partial charge in [0, 0.05) is 44.0 Å². The first-order chi connectivity index (χ1) is 11.7. The molecule has 0 atom stereocenters. The van der Waals surface area contributed by atoms with Gasteiger partial charge in [-0.3, -0.25) is 9.20 Å². The highest BCUT2D eigenvalue weighted by Gasteiger charge is 2.23. The van der Waals surface area contributed by atoms with E-state index in [4.69, 9.17) is 0 Å². The number of imidazole rings is 1. The zero-order valence-corrected chi connectivity index (χ0v) is 13.9. The molecule has 0 radical (unpaired) electrons. The SMILES string of the molecule is O=C(Cc1cn2ccsc2n1)N1CCN(c2ccccc2F)CC1. The second-order valence-corrected chi connectivity index (χ2v) is 6.69. The first kappa shape index (κ1) is 15.1. The van der Waals surface area contributed by atoms with Crippen molar-refractivity contribution in [3.63, 3.8) is 0 Å². The van der Waals surface area contributed by atoms with Crippen LogP contribution in [0.5, 0.6) is 0 Å². The van der Waals surface area contributed by atoms with E-state index >= 15 is 0 Å². The zero-order valence-electron chi connectivity index (χ0n) is 13.1. The molecule has 0 N–H and O–H groups in total. The number of anilines is 1. The van der Waals surface area contributed by atoms with Crippen molar-refractivity contribution in [1.29, 1.82) is 0 Å². The van der Waals surface area contributed by atoms with E-state index in [1.165, 1.54) is 6.07 Å². The molecule has 0 unspecified atom stereocenters. The first-order valence-electron chi connectivity index (χ1n) is 7.89. The Balaban J connectivity index is 1.37. The number of amides is 1. The molecule has 3 aromatic rings. The number of para-hydroxylation sites is 1. The van der Waals surface area contributed by atoms with Gasteiger partial charge in [-0.1, -0.05) is 12.1 Å². The van der Waals surface area contributed by atoms with Gasteiger partial charge in [0.05, 0.1) is 17.8 Å². The number of carbonyl (C=O) groups is 1. The summed E-state index contributed by atoms with van der Waals surface area (Å²) < 4.78 is 15.8. The Morgan fingerprint density at radius 2 is 2.00 bits per heavy atom. The van der Waals surface area contributed by atoms with Crippen LogP contribution < -0.4 is 4.90 Å². The van der Waals surface area contributed by atoms with Gasteiger partial charge in [0.25, 0.3) is 0 Å². The second-order valence-electron chi connectivity index (χ2n) is 5.82. The highest BCUT2D eigenvalue weighted by atomic mass is 32.1. The summed E-state index contributed by atoms with van der Waals surface area (Å²) in [7, 11) is 0. The maximum absolute atomic E-state index is 13.9. The first-order valence-corrected chi connectivity index (χ1v) is 8.77. The molecular weight excluding hydrogens is 327 g/mol. The fraction of sp³-hybridized carbons (Fsp3) is 0.294. The third-order valence-corrected chi connectivity index (χ3v) is 5.07. The summed E-state index contributed by atoms with van der Waals surface area (Å²) in [6.07, 6.45) is 4.15. The van der Waals surface area contributed by atoms with Crippen molar-refractivity contribution in [3.05, 3.63) is 53.6 Å². The van der Waals surface area contributed by atoms with E-state index in [2.05, 4.69) is 4.98 Å². The minimum atomic E-state index is -0.213. The topological polar surface area (TPSA) is 40.9 Å². The number of hydrogen-bond donors (Lipinski definition) is 0. The monoisotopic (exact) mass is 344 g/mol. The lowest BCUT2D eigenvalue weighted by atomic mass is 10.2. The van der Waals surface area contributed by atoms with E-state index in [-0.39, 0.29) is 11.7 Å². The molecule has 5 nitrogen and oxygen atoms in total. The van der Waals surface area contributed by atoms with Gasteiger partial charge in [0.2, 0.25) is 5.91 Å². The summed E-state index contributed by atoms with van der Waals surface area (Å²) in [5, 5.41) is 1.97. The van der Waals surface area contributed by atoms with Crippen molar-refractivity contribution in [3.8, 4) is 0 Å². The number of fused-ring (bicyclic) bond motifs is 1. The minimum Gasteiger partial charge on any atom is -0.366 e. The fourth-order valence-corrected chi connectivity index (χ4v) is 3.75. The van der Waals surface area contributed by atoms with Gasteiger partial charge in [0.15, 0.2) is 4.96 Å². The molecule has 3 heterocycles. The number of piperazine rings is 1. The highest BCUT2D eigenvalue weighted by Crippen LogP contribution is 2.20. The fourth-order valence-electron chi connectivity index (χ4n) is 3.03. The van der Waals surface area contributed by atoms with Crippen LogP contribution in [0.15, 0.2) is 42.0 Å². The summed E-state index contributed by atoms with van der Waals surface area (Å²) in [5.74, 6) is -0.135. The molecule has 0 bridgehead atoms. The Morgan fingerprint density at radius 1 is 1.21 bits per heavy atom. The van der Waals surface area contributed by atoms with Gasteiger partial charge >= 0.3 is 0 Å². The molecule has 1 saturated heterocycles. The number of thiazole rings is 1. The molecule has 7 heteroatoms. The van der Waals surface area contributed by atoms with Gasteiger partial charge in [-0.05, 0) is 12.1 Å². The predicted octanol–water partition coefficient (Wildman–Crippen LogP) is 2.43. The van der Waals surface area contributed by atoms with Crippen LogP contribution in [0.3, 0.4) is 0 Å². The van der Waals surface area contributed by atoms with Crippen LogP contribution in [0.2, 0.25) is 0 Å². The van der Waals surface area contributed by atoms with Crippen molar-refractivity contribution in [2.24, 2.45) is 0 Å². The average molecular weight is 344 g/mol. The quantitative estimate of drug-likeness (QED) is 0.733. The minimum absolute atomic E-state index is 0.0777. The molecule has 4 rings (SSSR count). The van der Waals surface area contributed by atoms with E-state index in [1.807, 2.05) is 38.0 Å². The molecule has 1 amide bonds. The molecule has 124 valence electrons. The Hall–Kier alpha value is -2.41. The lowest BCUT2D eigenvalue weighted by Crippen LogP contribution is -2.49. The van der Waals surface area contributed by atoms with Crippen LogP contribution in [0.1, 0.15) is 5.69 Å². The number of carbonyl (C=O) groups excluding carboxylic acids is 1. The number of nitrogens with zero attached hydrogens (tertiary/aromatic N) is 4. The maximum Gasteiger partial charge on any atom is 0.228 e. The smallest absolute Gasteiger partial charge is 0.228 e. The molecule has 24 heavy (non-hydrogen) atoms. The standard InChI is InChI=1S/C17H17FN4OS/c18-14-3-1-2-4-15(14)20-5-7-21(8-6-20)16(23)11-13-12-22-9-10-24-17(22)19-13/h1-4,9-10,12H,5-8,11H2. The molecule has 0 saturated carbocycles. The number of halogens is 1. The molecule has 2 aromatic heterocycles. The van der Waals surface area contributed by atoms with Gasteiger partial charge < -0.3 is 9.80 Å². The Kier molecular flexibility index (Phi) is 3.93. The number of rotatable bonds is 3. The van der Waals surface area contributed by atoms with E-state index < -0.39 is 0 Å². The van der Waals surface area contributed by atoms with Crippen molar-refractivity contribution in [1.82, 2.24) is 14.3 Å². The molecule has 1 fully saturated rings. The summed E-state index contributed by atoms with van der Waals surface area (Å²) in [5.41, 5.74) is 1.40. The summed E-state index contributed by atoms with van der Waals surface area (Å²) in [4.78, 5) is 21.7. The van der Waals surface area contributed by atoms with Crippen molar-refractivity contribution in [2.45, 2.75) is 6.42 Å². The van der Waals surface area contributed by atoms with Crippen molar-refractivity contribution >= 4 is 27.9 Å². The Bertz CT molecular complexity index is 838. The van der Waals surface area contributed by atoms with Crippen molar-refractivity contribution in [2.75, 3.05) is 31.1 Å². The number of hydrogen-bond acceptors (Lipinski definition) is 4. The summed E-state index contributed by atoms with van der Waals surface area (Å²) in [6.45, 7) is 2.50. The Labute approximate surface area is 142 Å².